The number of para-hydroxylation sites is 1. The Morgan fingerprint density at radius 2 is 1.54 bits per heavy atom. The van der Waals surface area contributed by atoms with Gasteiger partial charge < -0.3 is 5.11 Å². The van der Waals surface area contributed by atoms with Gasteiger partial charge in [-0.1, -0.05) is 30.3 Å². The Labute approximate surface area is 148 Å². The summed E-state index contributed by atoms with van der Waals surface area (Å²) >= 11 is 3.43. The first-order valence-corrected chi connectivity index (χ1v) is 8.10. The summed E-state index contributed by atoms with van der Waals surface area (Å²) < 4.78 is 0.874. The minimum absolute atomic E-state index is 0.148. The molecular weight excluding hydrogens is 366 g/mol. The number of phenols is 1. The van der Waals surface area contributed by atoms with Crippen LogP contribution in [0.2, 0.25) is 0 Å². The monoisotopic (exact) mass is 379 g/mol. The largest absolute Gasteiger partial charge is 0.507 e. The van der Waals surface area contributed by atoms with Gasteiger partial charge in [-0.15, -0.1) is 5.11 Å². The van der Waals surface area contributed by atoms with Gasteiger partial charge in [0.1, 0.15) is 5.75 Å². The molecule has 118 valence electrons. The summed E-state index contributed by atoms with van der Waals surface area (Å²) in [6.07, 6.45) is 1.61. The number of hydrogen-bond acceptors (Lipinski definition) is 4. The van der Waals surface area contributed by atoms with Crippen molar-refractivity contribution in [2.45, 2.75) is 0 Å². The average molecular weight is 380 g/mol. The fourth-order valence-electron chi connectivity index (χ4n) is 2.01. The standard InChI is InChI=1S/C19H14BrN3O/c20-17-8-4-5-9-18(17)23-22-16-10-11-19(24)14(12-16)13-21-15-6-2-1-3-7-15/h1-13,24H. The molecule has 0 saturated heterocycles. The zero-order chi connectivity index (χ0) is 16.8. The molecule has 0 spiro atoms. The Morgan fingerprint density at radius 3 is 2.33 bits per heavy atom. The number of nitrogens with zero attached hydrogens (tertiary/aromatic N) is 3. The fourth-order valence-corrected chi connectivity index (χ4v) is 2.37. The highest BCUT2D eigenvalue weighted by atomic mass is 79.9. The Kier molecular flexibility index (Phi) is 5.13. The molecule has 0 radical (unpaired) electrons. The van der Waals surface area contributed by atoms with Crippen molar-refractivity contribution in [1.82, 2.24) is 0 Å². The SMILES string of the molecule is Oc1ccc(N=Nc2ccccc2Br)cc1C=Nc1ccccc1. The number of hydrogen-bond donors (Lipinski definition) is 1. The lowest BCUT2D eigenvalue weighted by Crippen LogP contribution is -1.81. The van der Waals surface area contributed by atoms with Gasteiger partial charge in [-0.25, -0.2) is 0 Å². The summed E-state index contributed by atoms with van der Waals surface area (Å²) in [4.78, 5) is 4.35. The molecule has 24 heavy (non-hydrogen) atoms. The second kappa shape index (κ2) is 7.66. The van der Waals surface area contributed by atoms with E-state index in [1.165, 1.54) is 0 Å². The van der Waals surface area contributed by atoms with E-state index in [0.717, 1.165) is 15.8 Å². The normalized spacial score (nSPS) is 11.4. The Morgan fingerprint density at radius 1 is 0.792 bits per heavy atom. The molecule has 0 saturated carbocycles. The minimum atomic E-state index is 0.148. The number of phenolic OH excluding ortho intramolecular Hbond substituents is 1. The lowest BCUT2D eigenvalue weighted by atomic mass is 10.2. The molecule has 0 unspecified atom stereocenters. The molecule has 4 nitrogen and oxygen atoms in total. The van der Waals surface area contributed by atoms with Crippen LogP contribution in [0.4, 0.5) is 17.1 Å². The van der Waals surface area contributed by atoms with Crippen molar-refractivity contribution < 1.29 is 5.11 Å². The summed E-state index contributed by atoms with van der Waals surface area (Å²) in [5.74, 6) is 0.148. The first-order valence-electron chi connectivity index (χ1n) is 7.31. The first-order chi connectivity index (χ1) is 11.7. The molecule has 0 fully saturated rings. The van der Waals surface area contributed by atoms with Crippen LogP contribution in [-0.2, 0) is 0 Å². The van der Waals surface area contributed by atoms with Crippen molar-refractivity contribution in [3.05, 3.63) is 82.8 Å². The summed E-state index contributed by atoms with van der Waals surface area (Å²) in [6.45, 7) is 0. The molecule has 5 heteroatoms. The molecule has 3 aromatic carbocycles. The van der Waals surface area contributed by atoms with Crippen molar-refractivity contribution in [1.29, 1.82) is 0 Å². The highest BCUT2D eigenvalue weighted by Crippen LogP contribution is 2.28. The quantitative estimate of drug-likeness (QED) is 0.418. The third-order valence-electron chi connectivity index (χ3n) is 3.25. The molecule has 0 bridgehead atoms. The average Bonchev–Trinajstić information content (AvgIpc) is 2.62. The molecule has 3 rings (SSSR count). The van der Waals surface area contributed by atoms with E-state index in [0.29, 0.717) is 11.3 Å². The van der Waals surface area contributed by atoms with Crippen LogP contribution in [0.1, 0.15) is 5.56 Å². The van der Waals surface area contributed by atoms with Crippen LogP contribution in [0, 0.1) is 0 Å². The Hall–Kier alpha value is -2.79. The van der Waals surface area contributed by atoms with Gasteiger partial charge in [0, 0.05) is 16.3 Å². The van der Waals surface area contributed by atoms with E-state index in [1.807, 2.05) is 54.6 Å². The van der Waals surface area contributed by atoms with E-state index in [9.17, 15) is 5.11 Å². The van der Waals surface area contributed by atoms with Crippen molar-refractivity contribution >= 4 is 39.2 Å². The molecule has 0 aliphatic carbocycles. The summed E-state index contributed by atoms with van der Waals surface area (Å²) in [5, 5.41) is 18.4. The van der Waals surface area contributed by atoms with Gasteiger partial charge in [0.2, 0.25) is 0 Å². The number of halogens is 1. The van der Waals surface area contributed by atoms with E-state index in [2.05, 4.69) is 31.2 Å². The van der Waals surface area contributed by atoms with Crippen LogP contribution in [-0.4, -0.2) is 11.3 Å². The molecule has 0 atom stereocenters. The van der Waals surface area contributed by atoms with Gasteiger partial charge in [0.05, 0.1) is 17.1 Å². The number of aromatic hydroxyl groups is 1. The second-order valence-electron chi connectivity index (χ2n) is 4.99. The van der Waals surface area contributed by atoms with Gasteiger partial charge in [-0.3, -0.25) is 4.99 Å². The molecule has 3 aromatic rings. The number of benzene rings is 3. The van der Waals surface area contributed by atoms with Crippen LogP contribution in [0.5, 0.6) is 5.75 Å². The molecule has 0 aromatic heterocycles. The maximum atomic E-state index is 9.97. The van der Waals surface area contributed by atoms with Crippen molar-refractivity contribution in [2.24, 2.45) is 15.2 Å². The van der Waals surface area contributed by atoms with Crippen molar-refractivity contribution in [3.63, 3.8) is 0 Å². The number of rotatable bonds is 4. The predicted octanol–water partition coefficient (Wildman–Crippen LogP) is 6.32. The zero-order valence-electron chi connectivity index (χ0n) is 12.7. The minimum Gasteiger partial charge on any atom is -0.507 e. The summed E-state index contributed by atoms with van der Waals surface area (Å²) in [7, 11) is 0. The van der Waals surface area contributed by atoms with Gasteiger partial charge in [-0.2, -0.15) is 5.11 Å². The maximum absolute atomic E-state index is 9.97. The Balaban J connectivity index is 1.84. The highest BCUT2D eigenvalue weighted by molar-refractivity contribution is 9.10. The lowest BCUT2D eigenvalue weighted by molar-refractivity contribution is 0.474. The smallest absolute Gasteiger partial charge is 0.124 e. The van der Waals surface area contributed by atoms with E-state index in [4.69, 9.17) is 0 Å². The van der Waals surface area contributed by atoms with Crippen LogP contribution < -0.4 is 0 Å². The van der Waals surface area contributed by atoms with E-state index in [-0.39, 0.29) is 5.75 Å². The van der Waals surface area contributed by atoms with E-state index < -0.39 is 0 Å². The van der Waals surface area contributed by atoms with Gasteiger partial charge >= 0.3 is 0 Å². The number of aliphatic imine (C=N–C) groups is 1. The molecule has 0 heterocycles. The van der Waals surface area contributed by atoms with E-state index in [1.54, 1.807) is 24.4 Å². The van der Waals surface area contributed by atoms with Gasteiger partial charge in [-0.05, 0) is 58.4 Å². The predicted molar refractivity (Wildman–Crippen MR) is 100 cm³/mol. The topological polar surface area (TPSA) is 57.3 Å². The van der Waals surface area contributed by atoms with Gasteiger partial charge in [0.15, 0.2) is 0 Å². The van der Waals surface area contributed by atoms with Crippen LogP contribution in [0.15, 0.2) is 92.5 Å². The van der Waals surface area contributed by atoms with Crippen LogP contribution >= 0.6 is 15.9 Å². The molecular formula is C19H14BrN3O. The first kappa shape index (κ1) is 16.1. The Bertz CT molecular complexity index is 892. The lowest BCUT2D eigenvalue weighted by Gasteiger charge is -2.01. The van der Waals surface area contributed by atoms with Crippen molar-refractivity contribution in [2.75, 3.05) is 0 Å². The highest BCUT2D eigenvalue weighted by Gasteiger charge is 2.01. The molecule has 0 aliphatic heterocycles. The van der Waals surface area contributed by atoms with Gasteiger partial charge in [0.25, 0.3) is 0 Å². The van der Waals surface area contributed by atoms with E-state index >= 15 is 0 Å². The van der Waals surface area contributed by atoms with Crippen LogP contribution in [0.3, 0.4) is 0 Å². The third-order valence-corrected chi connectivity index (χ3v) is 3.92. The molecule has 0 amide bonds. The second-order valence-corrected chi connectivity index (χ2v) is 5.84. The number of azo groups is 1. The summed E-state index contributed by atoms with van der Waals surface area (Å²) in [5.41, 5.74) is 2.78. The van der Waals surface area contributed by atoms with Crippen LogP contribution in [0.25, 0.3) is 0 Å². The molecule has 1 N–H and O–H groups in total. The zero-order valence-corrected chi connectivity index (χ0v) is 14.3. The third kappa shape index (κ3) is 4.14. The summed E-state index contributed by atoms with van der Waals surface area (Å²) in [6, 6.07) is 22.2. The van der Waals surface area contributed by atoms with Crippen molar-refractivity contribution in [3.8, 4) is 5.75 Å². The molecule has 0 aliphatic rings. The fraction of sp³-hybridized carbons (Fsp3) is 0. The maximum Gasteiger partial charge on any atom is 0.124 e.